The van der Waals surface area contributed by atoms with Gasteiger partial charge in [-0.25, -0.2) is 0 Å². The summed E-state index contributed by atoms with van der Waals surface area (Å²) >= 11 is 0. The molecule has 4 aliphatic rings. The molecule has 4 unspecified atom stereocenters. The third kappa shape index (κ3) is 6.00. The molecule has 0 bridgehead atoms. The largest absolute Gasteiger partial charge is 0.465 e. The third-order valence-electron chi connectivity index (χ3n) is 11.1. The molecule has 0 spiro atoms. The maximum absolute atomic E-state index is 12.5. The zero-order valence-corrected chi connectivity index (χ0v) is 25.7. The van der Waals surface area contributed by atoms with Gasteiger partial charge in [-0.3, -0.25) is 14.4 Å². The van der Waals surface area contributed by atoms with Crippen LogP contribution < -0.4 is 0 Å². The number of carbonyl (C=O) groups excluding carboxylic acids is 3. The van der Waals surface area contributed by atoms with Crippen molar-refractivity contribution in [3.63, 3.8) is 0 Å². The average Bonchev–Trinajstić information content (AvgIpc) is 3.17. The highest BCUT2D eigenvalue weighted by molar-refractivity contribution is 5.67. The number of aliphatic hydroxyl groups is 1. The number of hydrogen-bond donors (Lipinski definition) is 1. The molecule has 0 aliphatic heterocycles. The summed E-state index contributed by atoms with van der Waals surface area (Å²) in [5, 5.41) is 10.5. The zero-order chi connectivity index (χ0) is 29.4. The lowest BCUT2D eigenvalue weighted by Gasteiger charge is -2.60. The van der Waals surface area contributed by atoms with Crippen molar-refractivity contribution in [3.8, 4) is 0 Å². The Morgan fingerprint density at radius 3 is 2.33 bits per heavy atom. The molecule has 0 aromatic heterocycles. The highest BCUT2D eigenvalue weighted by Gasteiger charge is 2.67. The Labute approximate surface area is 240 Å². The van der Waals surface area contributed by atoms with E-state index < -0.39 is 6.10 Å². The van der Waals surface area contributed by atoms with E-state index in [1.165, 1.54) is 32.8 Å². The Balaban J connectivity index is 1.81. The molecule has 1 N–H and O–H groups in total. The fourth-order valence-electron chi connectivity index (χ4n) is 9.48. The molecule has 0 amide bonds. The average molecular weight is 561 g/mol. The second-order valence-corrected chi connectivity index (χ2v) is 14.1. The molecule has 40 heavy (non-hydrogen) atoms. The normalized spacial score (nSPS) is 39.3. The van der Waals surface area contributed by atoms with E-state index in [0.29, 0.717) is 24.9 Å². The van der Waals surface area contributed by atoms with Gasteiger partial charge in [0.25, 0.3) is 0 Å². The first-order valence-electron chi connectivity index (χ1n) is 15.7. The second kappa shape index (κ2) is 12.1. The van der Waals surface area contributed by atoms with Crippen LogP contribution in [0.3, 0.4) is 0 Å². The molecular formula is C33H52O7. The summed E-state index contributed by atoms with van der Waals surface area (Å²) in [6.45, 7) is 13.8. The molecule has 226 valence electrons. The van der Waals surface area contributed by atoms with Crippen molar-refractivity contribution in [1.29, 1.82) is 0 Å². The molecule has 10 atom stereocenters. The van der Waals surface area contributed by atoms with Gasteiger partial charge in [-0.15, -0.1) is 0 Å². The van der Waals surface area contributed by atoms with Gasteiger partial charge in [0, 0.05) is 38.0 Å². The lowest BCUT2D eigenvalue weighted by molar-refractivity contribution is -0.182. The van der Waals surface area contributed by atoms with Gasteiger partial charge in [0.2, 0.25) is 0 Å². The van der Waals surface area contributed by atoms with Crippen LogP contribution in [0, 0.1) is 46.3 Å². The van der Waals surface area contributed by atoms with Crippen molar-refractivity contribution in [2.24, 2.45) is 46.3 Å². The summed E-state index contributed by atoms with van der Waals surface area (Å²) in [7, 11) is 0. The molecule has 3 saturated carbocycles. The topological polar surface area (TPSA) is 99.1 Å². The van der Waals surface area contributed by atoms with Gasteiger partial charge in [0.15, 0.2) is 0 Å². The fourth-order valence-corrected chi connectivity index (χ4v) is 9.48. The van der Waals surface area contributed by atoms with Gasteiger partial charge in [0.1, 0.15) is 12.2 Å². The molecule has 0 saturated heterocycles. The van der Waals surface area contributed by atoms with Crippen LogP contribution in [0.25, 0.3) is 0 Å². The minimum atomic E-state index is -0.467. The van der Waals surface area contributed by atoms with Gasteiger partial charge < -0.3 is 19.3 Å². The van der Waals surface area contributed by atoms with Gasteiger partial charge in [-0.2, -0.15) is 0 Å². The van der Waals surface area contributed by atoms with Crippen LogP contribution in [0.15, 0.2) is 11.6 Å². The summed E-state index contributed by atoms with van der Waals surface area (Å²) < 4.78 is 18.1. The maximum Gasteiger partial charge on any atom is 0.303 e. The molecule has 3 fully saturated rings. The van der Waals surface area contributed by atoms with Crippen LogP contribution in [-0.2, 0) is 28.6 Å². The van der Waals surface area contributed by atoms with Crippen molar-refractivity contribution in [3.05, 3.63) is 11.6 Å². The van der Waals surface area contributed by atoms with Crippen LogP contribution in [0.4, 0.5) is 0 Å². The minimum absolute atomic E-state index is 0.0607. The summed E-state index contributed by atoms with van der Waals surface area (Å²) in [6.07, 6.45) is 9.08. The summed E-state index contributed by atoms with van der Waals surface area (Å²) in [6, 6.07) is 0. The number of fused-ring (bicyclic) bond motifs is 5. The molecule has 0 aromatic carbocycles. The predicted molar refractivity (Wildman–Crippen MR) is 152 cm³/mol. The fraction of sp³-hybridized carbons (Fsp3) is 0.848. The Kier molecular flexibility index (Phi) is 9.43. The molecular weight excluding hydrogens is 508 g/mol. The number of esters is 3. The van der Waals surface area contributed by atoms with Crippen LogP contribution in [0.5, 0.6) is 0 Å². The SMILES string of the molecule is CC(=O)OC[C@]12CCC3C(C1[C@H](OC(C)=O)C[C@@H]2C(C)CCCC(C)C)[C@@H](OC(C)=O)C=C1C[C@H](O)CC[C@@]13C. The third-order valence-corrected chi connectivity index (χ3v) is 11.1. The van der Waals surface area contributed by atoms with Gasteiger partial charge in [0.05, 0.1) is 12.7 Å². The van der Waals surface area contributed by atoms with Crippen LogP contribution in [0.1, 0.15) is 106 Å². The molecule has 7 nitrogen and oxygen atoms in total. The molecule has 4 rings (SSSR count). The van der Waals surface area contributed by atoms with E-state index in [1.54, 1.807) is 0 Å². The lowest BCUT2D eigenvalue weighted by Crippen LogP contribution is -2.59. The Morgan fingerprint density at radius 2 is 1.70 bits per heavy atom. The van der Waals surface area contributed by atoms with E-state index in [9.17, 15) is 19.5 Å². The first kappa shape index (κ1) is 31.1. The van der Waals surface area contributed by atoms with E-state index in [1.807, 2.05) is 0 Å². The van der Waals surface area contributed by atoms with Crippen LogP contribution >= 0.6 is 0 Å². The number of hydrogen-bond acceptors (Lipinski definition) is 7. The first-order valence-corrected chi connectivity index (χ1v) is 15.7. The van der Waals surface area contributed by atoms with Gasteiger partial charge >= 0.3 is 17.9 Å². The second-order valence-electron chi connectivity index (χ2n) is 14.1. The van der Waals surface area contributed by atoms with Crippen molar-refractivity contribution < 1.29 is 33.7 Å². The highest BCUT2D eigenvalue weighted by atomic mass is 16.6. The molecule has 0 radical (unpaired) electrons. The number of carbonyl (C=O) groups is 3. The Hall–Kier alpha value is -1.89. The monoisotopic (exact) mass is 560 g/mol. The van der Waals surface area contributed by atoms with Crippen molar-refractivity contribution in [1.82, 2.24) is 0 Å². The molecule has 4 aliphatic carbocycles. The molecule has 0 heterocycles. The smallest absolute Gasteiger partial charge is 0.303 e. The molecule has 0 aromatic rings. The van der Waals surface area contributed by atoms with E-state index in [4.69, 9.17) is 14.2 Å². The Morgan fingerprint density at radius 1 is 1.00 bits per heavy atom. The Bertz CT molecular complexity index is 987. The first-order chi connectivity index (χ1) is 18.8. The molecule has 7 heteroatoms. The standard InChI is InChI=1S/C33H52O7/c1-19(2)9-8-10-20(3)27-17-29(40-23(6)36)31-30-26(12-14-33(27,31)18-38-21(4)34)32(7)13-11-25(37)15-24(32)16-28(30)39-22(5)35/h16,19-20,25-31,37H,8-15,17-18H2,1-7H3/t20?,25-,26?,27-,28+,29-,30?,31?,32+,33+/m1/s1. The van der Waals surface area contributed by atoms with E-state index in [2.05, 4.69) is 33.8 Å². The van der Waals surface area contributed by atoms with Gasteiger partial charge in [-0.1, -0.05) is 52.5 Å². The van der Waals surface area contributed by atoms with E-state index >= 15 is 0 Å². The quantitative estimate of drug-likeness (QED) is 0.209. The minimum Gasteiger partial charge on any atom is -0.465 e. The summed E-state index contributed by atoms with van der Waals surface area (Å²) in [5.41, 5.74) is 0.709. The predicted octanol–water partition coefficient (Wildman–Crippen LogP) is 6.02. The number of ether oxygens (including phenoxy) is 3. The summed E-state index contributed by atoms with van der Waals surface area (Å²) in [5.74, 6) is 0.357. The summed E-state index contributed by atoms with van der Waals surface area (Å²) in [4.78, 5) is 37.1. The van der Waals surface area contributed by atoms with E-state index in [0.717, 1.165) is 44.9 Å². The van der Waals surface area contributed by atoms with Crippen molar-refractivity contribution in [2.75, 3.05) is 6.61 Å². The number of rotatable bonds is 9. The van der Waals surface area contributed by atoms with Crippen molar-refractivity contribution >= 4 is 17.9 Å². The zero-order valence-electron chi connectivity index (χ0n) is 25.7. The maximum atomic E-state index is 12.5. The van der Waals surface area contributed by atoms with Crippen LogP contribution in [0.2, 0.25) is 0 Å². The van der Waals surface area contributed by atoms with Crippen LogP contribution in [-0.4, -0.2) is 47.9 Å². The van der Waals surface area contributed by atoms with E-state index in [-0.39, 0.29) is 64.6 Å². The lowest BCUT2D eigenvalue weighted by atomic mass is 9.45. The van der Waals surface area contributed by atoms with Crippen molar-refractivity contribution in [2.45, 2.75) is 125 Å². The van der Waals surface area contributed by atoms with Gasteiger partial charge in [-0.05, 0) is 73.7 Å². The number of aliphatic hydroxyl groups excluding tert-OH is 1. The highest BCUT2D eigenvalue weighted by Crippen LogP contribution is 2.68.